The molecule has 1 aliphatic heterocycles. The molecule has 1 aromatic heterocycles. The Kier molecular flexibility index (Phi) is 6.68. The molecule has 2 aromatic rings. The van der Waals surface area contributed by atoms with Crippen LogP contribution in [0.1, 0.15) is 54.0 Å². The number of rotatable bonds is 7. The molecular formula is C23H31N5O4. The minimum absolute atomic E-state index is 0.305. The second kappa shape index (κ2) is 9.12. The number of barbiturate groups is 1. The first kappa shape index (κ1) is 23.5. The molecule has 1 fully saturated rings. The number of urea groups is 1. The quantitative estimate of drug-likeness (QED) is 0.385. The van der Waals surface area contributed by atoms with Crippen LogP contribution in [0.25, 0.3) is 0 Å². The maximum Gasteiger partial charge on any atom is 0.328 e. The number of hydrogen-bond acceptors (Lipinski definition) is 5. The molecule has 0 unspecified atom stereocenters. The van der Waals surface area contributed by atoms with Crippen LogP contribution in [-0.4, -0.2) is 48.0 Å². The maximum absolute atomic E-state index is 13.3. The van der Waals surface area contributed by atoms with Gasteiger partial charge in [0.15, 0.2) is 0 Å². The molecule has 172 valence electrons. The summed E-state index contributed by atoms with van der Waals surface area (Å²) in [4.78, 5) is 39.3. The van der Waals surface area contributed by atoms with Gasteiger partial charge in [0.05, 0.1) is 0 Å². The number of likely N-dealkylation sites (N-methyl/N-ethyl adjacent to an activating group) is 1. The lowest BCUT2D eigenvalue weighted by molar-refractivity contribution is -0.621. The van der Waals surface area contributed by atoms with Gasteiger partial charge < -0.3 is 10.1 Å². The summed E-state index contributed by atoms with van der Waals surface area (Å²) in [5.41, 5.74) is 3.04. The van der Waals surface area contributed by atoms with Crippen LogP contribution in [-0.2, 0) is 16.1 Å². The number of imidazole rings is 1. The van der Waals surface area contributed by atoms with E-state index in [1.54, 1.807) is 6.92 Å². The molecule has 9 heteroatoms. The van der Waals surface area contributed by atoms with Crippen LogP contribution in [0.3, 0.4) is 0 Å². The Bertz CT molecular complexity index is 1020. The van der Waals surface area contributed by atoms with Crippen molar-refractivity contribution in [3.8, 4) is 0 Å². The zero-order valence-electron chi connectivity index (χ0n) is 19.4. The molecule has 1 saturated heterocycles. The Morgan fingerprint density at radius 3 is 2.06 bits per heavy atom. The predicted octanol–water partition coefficient (Wildman–Crippen LogP) is 1.54. The third-order valence-electron chi connectivity index (χ3n) is 6.10. The second-order valence-corrected chi connectivity index (χ2v) is 8.86. The van der Waals surface area contributed by atoms with Crippen molar-refractivity contribution in [2.75, 3.05) is 20.6 Å². The van der Waals surface area contributed by atoms with Crippen LogP contribution in [0, 0.1) is 25.0 Å². The average molecular weight is 442 g/mol. The lowest BCUT2D eigenvalue weighted by Crippen LogP contribution is -2.58. The number of benzene rings is 1. The summed E-state index contributed by atoms with van der Waals surface area (Å²) in [7, 11) is 3.87. The van der Waals surface area contributed by atoms with Gasteiger partial charge in [-0.1, -0.05) is 38.1 Å². The number of hydrogen-bond donors (Lipinski definition) is 2. The van der Waals surface area contributed by atoms with Gasteiger partial charge in [-0.2, -0.15) is 0 Å². The van der Waals surface area contributed by atoms with Gasteiger partial charge in [0.1, 0.15) is 29.8 Å². The molecule has 0 bridgehead atoms. The van der Waals surface area contributed by atoms with Gasteiger partial charge in [-0.15, -0.1) is 0 Å². The number of carbonyl (C=O) groups is 3. The maximum atomic E-state index is 13.3. The Labute approximate surface area is 188 Å². The summed E-state index contributed by atoms with van der Waals surface area (Å²) in [5, 5.41) is 17.7. The minimum Gasteiger partial charge on any atom is -0.711 e. The summed E-state index contributed by atoms with van der Waals surface area (Å²) in [5.74, 6) is -2.94. The molecule has 2 N–H and O–H groups in total. The summed E-state index contributed by atoms with van der Waals surface area (Å²) in [6, 6.07) is 6.74. The Morgan fingerprint density at radius 1 is 1.03 bits per heavy atom. The molecule has 3 rings (SSSR count). The summed E-state index contributed by atoms with van der Waals surface area (Å²) in [6.07, 6.45) is 0. The Hall–Kier alpha value is -3.20. The largest absolute Gasteiger partial charge is 0.711 e. The summed E-state index contributed by atoms with van der Waals surface area (Å²) >= 11 is 0. The monoisotopic (exact) mass is 441 g/mol. The van der Waals surface area contributed by atoms with E-state index in [1.807, 2.05) is 54.8 Å². The Balaban J connectivity index is 2.22. The van der Waals surface area contributed by atoms with Gasteiger partial charge in [-0.3, -0.25) is 20.2 Å². The van der Waals surface area contributed by atoms with Gasteiger partial charge in [0, 0.05) is 20.4 Å². The third kappa shape index (κ3) is 4.38. The molecule has 1 aliphatic rings. The Morgan fingerprint density at radius 2 is 1.56 bits per heavy atom. The zero-order chi connectivity index (χ0) is 23.7. The number of carbonyl (C=O) groups excluding carboxylic acids is 3. The molecule has 32 heavy (non-hydrogen) atoms. The smallest absolute Gasteiger partial charge is 0.328 e. The van der Waals surface area contributed by atoms with Crippen molar-refractivity contribution in [3.63, 3.8) is 0 Å². The van der Waals surface area contributed by atoms with E-state index in [4.69, 9.17) is 0 Å². The second-order valence-electron chi connectivity index (χ2n) is 8.86. The fraction of sp³-hybridized carbons (Fsp3) is 0.478. The number of amides is 4. The van der Waals surface area contributed by atoms with Crippen molar-refractivity contribution < 1.29 is 19.1 Å². The molecule has 0 aliphatic carbocycles. The van der Waals surface area contributed by atoms with E-state index in [-0.39, 0.29) is 0 Å². The highest BCUT2D eigenvalue weighted by Crippen LogP contribution is 2.34. The van der Waals surface area contributed by atoms with E-state index in [2.05, 4.69) is 24.5 Å². The van der Waals surface area contributed by atoms with E-state index in [0.717, 1.165) is 16.0 Å². The van der Waals surface area contributed by atoms with Crippen molar-refractivity contribution >= 4 is 17.8 Å². The highest BCUT2D eigenvalue weighted by atomic mass is 16.5. The number of nitrogens with zero attached hydrogens (tertiary/aromatic N) is 3. The average Bonchev–Trinajstić information content (AvgIpc) is 2.92. The van der Waals surface area contributed by atoms with Crippen LogP contribution in [0.5, 0.6) is 0 Å². The van der Waals surface area contributed by atoms with Gasteiger partial charge in [0.25, 0.3) is 5.82 Å². The van der Waals surface area contributed by atoms with Crippen molar-refractivity contribution in [3.05, 3.63) is 57.8 Å². The first-order valence-corrected chi connectivity index (χ1v) is 10.7. The van der Waals surface area contributed by atoms with E-state index >= 15 is 0 Å². The zero-order valence-corrected chi connectivity index (χ0v) is 19.4. The summed E-state index contributed by atoms with van der Waals surface area (Å²) < 4.78 is 2.68. The standard InChI is InChI=1S/C23H31N5O4/c1-13(2)16-7-9-17(10-8-16)18(19-20(29)24-23(31)25-21(19)30)22-27(12-11-26(5)6)14(3)15(4)28(22)32/h7-10,13,18-19H,11-12H2,1-6H3,(H2,24,25,29,30,31)/t18-/m1/s1. The van der Waals surface area contributed by atoms with E-state index in [1.165, 1.54) is 0 Å². The van der Waals surface area contributed by atoms with Gasteiger partial charge >= 0.3 is 6.03 Å². The molecule has 0 radical (unpaired) electrons. The lowest BCUT2D eigenvalue weighted by atomic mass is 9.82. The van der Waals surface area contributed by atoms with E-state index in [0.29, 0.717) is 36.1 Å². The molecule has 4 amide bonds. The van der Waals surface area contributed by atoms with Gasteiger partial charge in [0.2, 0.25) is 11.8 Å². The highest BCUT2D eigenvalue weighted by Gasteiger charge is 2.47. The highest BCUT2D eigenvalue weighted by molar-refractivity contribution is 6.16. The van der Waals surface area contributed by atoms with E-state index in [9.17, 15) is 19.6 Å². The van der Waals surface area contributed by atoms with Crippen LogP contribution < -0.4 is 15.4 Å². The molecule has 0 saturated carbocycles. The molecule has 1 aromatic carbocycles. The summed E-state index contributed by atoms with van der Waals surface area (Å²) in [6.45, 7) is 8.91. The first-order chi connectivity index (χ1) is 15.0. The minimum atomic E-state index is -1.26. The van der Waals surface area contributed by atoms with Crippen molar-refractivity contribution in [1.29, 1.82) is 0 Å². The number of imide groups is 2. The third-order valence-corrected chi connectivity index (χ3v) is 6.10. The molecule has 0 spiro atoms. The topological polar surface area (TPSA) is 110 Å². The SMILES string of the molecule is Cc1c(C)[n+]([O-])c([C@H](c2ccc(C(C)C)cc2)C2C(=O)NC(=O)NC2=O)n1CCN(C)C. The van der Waals surface area contributed by atoms with Crippen LogP contribution in [0.2, 0.25) is 0 Å². The van der Waals surface area contributed by atoms with Crippen molar-refractivity contribution in [2.45, 2.75) is 46.1 Å². The lowest BCUT2D eigenvalue weighted by Gasteiger charge is -2.28. The predicted molar refractivity (Wildman–Crippen MR) is 119 cm³/mol. The van der Waals surface area contributed by atoms with Gasteiger partial charge in [-0.25, -0.2) is 14.1 Å². The van der Waals surface area contributed by atoms with Crippen LogP contribution >= 0.6 is 0 Å². The molecule has 1 atom stereocenters. The van der Waals surface area contributed by atoms with Crippen molar-refractivity contribution in [1.82, 2.24) is 20.1 Å². The number of aromatic nitrogens is 2. The fourth-order valence-corrected chi connectivity index (χ4v) is 4.08. The van der Waals surface area contributed by atoms with E-state index < -0.39 is 29.7 Å². The first-order valence-electron chi connectivity index (χ1n) is 10.7. The fourth-order valence-electron chi connectivity index (χ4n) is 4.08. The van der Waals surface area contributed by atoms with Crippen LogP contribution in [0.4, 0.5) is 4.79 Å². The molecular weight excluding hydrogens is 410 g/mol. The molecule has 2 heterocycles. The van der Waals surface area contributed by atoms with Crippen LogP contribution in [0.15, 0.2) is 24.3 Å². The normalized spacial score (nSPS) is 15.9. The van der Waals surface area contributed by atoms with Gasteiger partial charge in [-0.05, 0) is 31.1 Å². The number of nitrogens with one attached hydrogen (secondary N) is 2. The van der Waals surface area contributed by atoms with Crippen molar-refractivity contribution in [2.24, 2.45) is 5.92 Å². The molecule has 9 nitrogen and oxygen atoms in total.